The Bertz CT molecular complexity index is 895. The summed E-state index contributed by atoms with van der Waals surface area (Å²) in [5.41, 5.74) is -0.0522. The van der Waals surface area contributed by atoms with Crippen LogP contribution in [0.5, 0.6) is 0 Å². The fourth-order valence-electron chi connectivity index (χ4n) is 2.23. The lowest BCUT2D eigenvalue weighted by molar-refractivity contribution is -0.114. The molecule has 0 atom stereocenters. The Morgan fingerprint density at radius 1 is 1.46 bits per heavy atom. The number of furan rings is 1. The summed E-state index contributed by atoms with van der Waals surface area (Å²) >= 11 is 0.778. The lowest BCUT2D eigenvalue weighted by Crippen LogP contribution is -2.46. The van der Waals surface area contributed by atoms with E-state index in [0.717, 1.165) is 16.8 Å². The monoisotopic (exact) mass is 366 g/mol. The second-order valence-corrected chi connectivity index (χ2v) is 8.26. The molecule has 2 aliphatic heterocycles. The van der Waals surface area contributed by atoms with Gasteiger partial charge in [0.2, 0.25) is 20.2 Å². The summed E-state index contributed by atoms with van der Waals surface area (Å²) in [4.78, 5) is 17.1. The molecular formula is C14H14N4O4S2. The fourth-order valence-corrected chi connectivity index (χ4v) is 4.96. The summed E-state index contributed by atoms with van der Waals surface area (Å²) in [5, 5.41) is 8.07. The lowest BCUT2D eigenvalue weighted by atomic mass is 10.1. The van der Waals surface area contributed by atoms with Crippen molar-refractivity contribution in [2.75, 3.05) is 5.75 Å². The summed E-state index contributed by atoms with van der Waals surface area (Å²) in [6.45, 7) is 3.56. The van der Waals surface area contributed by atoms with E-state index in [2.05, 4.69) is 9.39 Å². The first-order valence-electron chi connectivity index (χ1n) is 7.04. The van der Waals surface area contributed by atoms with Gasteiger partial charge in [-0.3, -0.25) is 10.2 Å². The number of aliphatic imine (C=N–C) groups is 1. The lowest BCUT2D eigenvalue weighted by Gasteiger charge is -2.24. The highest BCUT2D eigenvalue weighted by Gasteiger charge is 2.42. The van der Waals surface area contributed by atoms with E-state index < -0.39 is 15.7 Å². The van der Waals surface area contributed by atoms with Crippen LogP contribution in [0.2, 0.25) is 0 Å². The van der Waals surface area contributed by atoms with Crippen molar-refractivity contribution in [1.82, 2.24) is 4.90 Å². The fraction of sp³-hybridized carbons (Fsp3) is 0.286. The van der Waals surface area contributed by atoms with E-state index in [1.54, 1.807) is 26.0 Å². The molecule has 0 aliphatic carbocycles. The second-order valence-electron chi connectivity index (χ2n) is 5.60. The first-order valence-corrected chi connectivity index (χ1v) is 9.47. The Morgan fingerprint density at radius 2 is 2.21 bits per heavy atom. The molecule has 0 aromatic carbocycles. The number of nitrogens with zero attached hydrogens (tertiary/aromatic N) is 3. The average Bonchev–Trinajstić information content (AvgIpc) is 3.11. The molecule has 0 unspecified atom stereocenters. The topological polar surface area (TPSA) is 116 Å². The van der Waals surface area contributed by atoms with E-state index in [9.17, 15) is 13.2 Å². The number of sulfone groups is 1. The Morgan fingerprint density at radius 3 is 2.83 bits per heavy atom. The van der Waals surface area contributed by atoms with E-state index in [1.165, 1.54) is 12.3 Å². The van der Waals surface area contributed by atoms with Gasteiger partial charge in [0.05, 0.1) is 29.5 Å². The van der Waals surface area contributed by atoms with Gasteiger partial charge in [-0.25, -0.2) is 13.3 Å². The molecule has 1 aromatic rings. The van der Waals surface area contributed by atoms with E-state index in [1.807, 2.05) is 0 Å². The van der Waals surface area contributed by atoms with Crippen LogP contribution in [0.25, 0.3) is 6.08 Å². The zero-order valence-electron chi connectivity index (χ0n) is 12.9. The molecule has 3 rings (SSSR count). The first kappa shape index (κ1) is 16.7. The highest BCUT2D eigenvalue weighted by Crippen LogP contribution is 2.30. The second kappa shape index (κ2) is 6.02. The molecule has 0 saturated carbocycles. The molecule has 0 radical (unpaired) electrons. The third kappa shape index (κ3) is 2.94. The maximum atomic E-state index is 12.5. The van der Waals surface area contributed by atoms with Crippen molar-refractivity contribution in [3.63, 3.8) is 0 Å². The normalized spacial score (nSPS) is 19.8. The van der Waals surface area contributed by atoms with Crippen LogP contribution in [0.15, 0.2) is 37.8 Å². The molecule has 0 saturated heterocycles. The van der Waals surface area contributed by atoms with E-state index in [-0.39, 0.29) is 33.4 Å². The molecular weight excluding hydrogens is 352 g/mol. The van der Waals surface area contributed by atoms with Gasteiger partial charge in [0.1, 0.15) is 11.6 Å². The standard InChI is InChI=1S/C14H14N4O4S2/c1-8(2)7-24(20,21)14-17-23-13-16-12(19)10(11(15)18(13)14)6-9-4-3-5-22-9/h3-6,8,15H,7H2,1-2H3/b10-6-,15-11?. The van der Waals surface area contributed by atoms with Crippen LogP contribution in [-0.4, -0.2) is 41.1 Å². The highest BCUT2D eigenvalue weighted by atomic mass is 32.2. The van der Waals surface area contributed by atoms with E-state index >= 15 is 0 Å². The third-order valence-corrected chi connectivity index (χ3v) is 5.91. The largest absolute Gasteiger partial charge is 0.465 e. The Labute approximate surface area is 142 Å². The number of hydrogen-bond acceptors (Lipinski definition) is 7. The van der Waals surface area contributed by atoms with Crippen LogP contribution in [0, 0.1) is 11.3 Å². The summed E-state index contributed by atoms with van der Waals surface area (Å²) < 4.78 is 34.0. The van der Waals surface area contributed by atoms with Gasteiger partial charge >= 0.3 is 0 Å². The smallest absolute Gasteiger partial charge is 0.283 e. The SMILES string of the molecule is CC(C)CS(=O)(=O)C1=NSC2=NC(=O)/C(=C\c3ccco3)C(=N)N21. The summed E-state index contributed by atoms with van der Waals surface area (Å²) in [5.74, 6) is -0.737. The zero-order valence-corrected chi connectivity index (χ0v) is 14.5. The number of carbonyl (C=O) groups excluding carboxylic acids is 1. The minimum atomic E-state index is -3.69. The van der Waals surface area contributed by atoms with Crippen LogP contribution in [-0.2, 0) is 14.6 Å². The molecule has 0 bridgehead atoms. The summed E-state index contributed by atoms with van der Waals surface area (Å²) in [7, 11) is -3.69. The van der Waals surface area contributed by atoms with Gasteiger partial charge in [-0.1, -0.05) is 13.8 Å². The quantitative estimate of drug-likeness (QED) is 0.645. The molecule has 8 nitrogen and oxygen atoms in total. The maximum absolute atomic E-state index is 12.5. The number of rotatable bonds is 3. The third-order valence-electron chi connectivity index (χ3n) is 3.15. The molecule has 10 heteroatoms. The van der Waals surface area contributed by atoms with Crippen molar-refractivity contribution < 1.29 is 17.6 Å². The molecule has 126 valence electrons. The number of fused-ring (bicyclic) bond motifs is 1. The molecule has 0 spiro atoms. The van der Waals surface area contributed by atoms with Crippen LogP contribution >= 0.6 is 11.9 Å². The van der Waals surface area contributed by atoms with Crippen molar-refractivity contribution in [2.45, 2.75) is 13.8 Å². The number of nitrogens with one attached hydrogen (secondary N) is 1. The van der Waals surface area contributed by atoms with Crippen molar-refractivity contribution in [1.29, 1.82) is 5.41 Å². The number of carbonyl (C=O) groups is 1. The molecule has 0 fully saturated rings. The Kier molecular flexibility index (Phi) is 4.18. The minimum absolute atomic E-state index is 0.0522. The number of hydrogen-bond donors (Lipinski definition) is 1. The van der Waals surface area contributed by atoms with Crippen molar-refractivity contribution in [3.05, 3.63) is 29.7 Å². The Hall–Kier alpha value is -2.20. The van der Waals surface area contributed by atoms with Gasteiger partial charge in [-0.05, 0) is 24.1 Å². The molecule has 1 aromatic heterocycles. The molecule has 1 amide bonds. The van der Waals surface area contributed by atoms with Gasteiger partial charge in [-0.15, -0.1) is 0 Å². The van der Waals surface area contributed by atoms with Crippen LogP contribution in [0.1, 0.15) is 19.6 Å². The van der Waals surface area contributed by atoms with Crippen molar-refractivity contribution >= 4 is 49.9 Å². The predicted octanol–water partition coefficient (Wildman–Crippen LogP) is 1.93. The van der Waals surface area contributed by atoms with E-state index in [0.29, 0.717) is 5.76 Å². The van der Waals surface area contributed by atoms with Crippen molar-refractivity contribution in [2.24, 2.45) is 15.3 Å². The van der Waals surface area contributed by atoms with Crippen molar-refractivity contribution in [3.8, 4) is 0 Å². The highest BCUT2D eigenvalue weighted by molar-refractivity contribution is 8.16. The molecule has 24 heavy (non-hydrogen) atoms. The number of amides is 1. The predicted molar refractivity (Wildman–Crippen MR) is 92.3 cm³/mol. The van der Waals surface area contributed by atoms with Gasteiger partial charge in [-0.2, -0.15) is 9.39 Å². The summed E-state index contributed by atoms with van der Waals surface area (Å²) in [6, 6.07) is 3.26. The maximum Gasteiger partial charge on any atom is 0.283 e. The van der Waals surface area contributed by atoms with Crippen LogP contribution in [0.3, 0.4) is 0 Å². The van der Waals surface area contributed by atoms with E-state index in [4.69, 9.17) is 9.83 Å². The number of amidine groups is 3. The van der Waals surface area contributed by atoms with Crippen LogP contribution in [0.4, 0.5) is 0 Å². The molecule has 3 heterocycles. The van der Waals surface area contributed by atoms with Crippen LogP contribution < -0.4 is 0 Å². The first-order chi connectivity index (χ1) is 11.3. The molecule has 1 N–H and O–H groups in total. The minimum Gasteiger partial charge on any atom is -0.465 e. The van der Waals surface area contributed by atoms with Gasteiger partial charge < -0.3 is 4.42 Å². The summed E-state index contributed by atoms with van der Waals surface area (Å²) in [6.07, 6.45) is 2.80. The van der Waals surface area contributed by atoms with Gasteiger partial charge in [0.15, 0.2) is 0 Å². The van der Waals surface area contributed by atoms with Gasteiger partial charge in [0.25, 0.3) is 5.91 Å². The van der Waals surface area contributed by atoms with Gasteiger partial charge in [0, 0.05) is 0 Å². The molecule has 2 aliphatic rings. The Balaban J connectivity index is 2.01. The zero-order chi connectivity index (χ0) is 17.5. The average molecular weight is 366 g/mol.